The molecule has 3 aromatic rings. The van der Waals surface area contributed by atoms with E-state index >= 15 is 0 Å². The normalized spacial score (nSPS) is 17.8. The quantitative estimate of drug-likeness (QED) is 0.672. The summed E-state index contributed by atoms with van der Waals surface area (Å²) in [5.74, 6) is -0.107. The minimum absolute atomic E-state index is 0.0106. The van der Waals surface area contributed by atoms with E-state index in [-0.39, 0.29) is 23.8 Å². The van der Waals surface area contributed by atoms with E-state index in [1.54, 1.807) is 4.90 Å². The van der Waals surface area contributed by atoms with Crippen molar-refractivity contribution in [2.24, 2.45) is 5.92 Å². The van der Waals surface area contributed by atoms with Crippen LogP contribution in [0.2, 0.25) is 0 Å². The maximum absolute atomic E-state index is 13.1. The van der Waals surface area contributed by atoms with Crippen molar-refractivity contribution in [1.29, 1.82) is 0 Å². The van der Waals surface area contributed by atoms with Gasteiger partial charge in [-0.1, -0.05) is 44.2 Å². The van der Waals surface area contributed by atoms with Crippen molar-refractivity contribution in [3.05, 3.63) is 66.4 Å². The maximum atomic E-state index is 13.1. The first-order valence-corrected chi connectivity index (χ1v) is 9.28. The minimum Gasteiger partial charge on any atom is -0.361 e. The number of nitrogens with zero attached hydrogens (tertiary/aromatic N) is 1. The summed E-state index contributed by atoms with van der Waals surface area (Å²) < 4.78 is 0. The monoisotopic (exact) mass is 361 g/mol. The lowest BCUT2D eigenvalue weighted by Crippen LogP contribution is -2.58. The molecule has 2 N–H and O–H groups in total. The minimum atomic E-state index is -0.502. The molecule has 0 aliphatic carbocycles. The Morgan fingerprint density at radius 2 is 1.93 bits per heavy atom. The van der Waals surface area contributed by atoms with Crippen LogP contribution in [-0.4, -0.2) is 27.7 Å². The Labute approximate surface area is 158 Å². The van der Waals surface area contributed by atoms with Gasteiger partial charge in [0.2, 0.25) is 11.8 Å². The zero-order valence-corrected chi connectivity index (χ0v) is 15.5. The fourth-order valence-corrected chi connectivity index (χ4v) is 3.83. The number of hydrogen-bond acceptors (Lipinski definition) is 2. The number of H-pyrrole nitrogens is 1. The number of aromatic nitrogens is 1. The molecule has 1 aliphatic heterocycles. The number of likely N-dealkylation sites (tertiary alicyclic amines) is 1. The molecule has 4 rings (SSSR count). The molecule has 0 bridgehead atoms. The van der Waals surface area contributed by atoms with E-state index in [2.05, 4.69) is 10.3 Å². The summed E-state index contributed by atoms with van der Waals surface area (Å²) in [5.41, 5.74) is 2.83. The highest BCUT2D eigenvalue weighted by Crippen LogP contribution is 2.38. The molecule has 27 heavy (non-hydrogen) atoms. The van der Waals surface area contributed by atoms with Crippen LogP contribution in [0, 0.1) is 5.92 Å². The Balaban J connectivity index is 1.57. The molecule has 2 atom stereocenters. The van der Waals surface area contributed by atoms with Gasteiger partial charge in [0.05, 0.1) is 12.5 Å². The lowest BCUT2D eigenvalue weighted by atomic mass is 9.88. The molecular weight excluding hydrogens is 338 g/mol. The first kappa shape index (κ1) is 17.3. The van der Waals surface area contributed by atoms with Crippen molar-refractivity contribution in [2.75, 3.05) is 5.32 Å². The van der Waals surface area contributed by atoms with Crippen LogP contribution >= 0.6 is 0 Å². The predicted molar refractivity (Wildman–Crippen MR) is 106 cm³/mol. The second-order valence-corrected chi connectivity index (χ2v) is 7.39. The number of benzene rings is 2. The van der Waals surface area contributed by atoms with Crippen LogP contribution < -0.4 is 5.32 Å². The maximum Gasteiger partial charge on any atom is 0.247 e. The largest absolute Gasteiger partial charge is 0.361 e. The van der Waals surface area contributed by atoms with E-state index in [0.29, 0.717) is 6.42 Å². The van der Waals surface area contributed by atoms with Crippen molar-refractivity contribution in [2.45, 2.75) is 32.4 Å². The number of nitrogens with one attached hydrogen (secondary N) is 2. The summed E-state index contributed by atoms with van der Waals surface area (Å²) in [5, 5.41) is 4.04. The van der Waals surface area contributed by atoms with Crippen LogP contribution in [0.15, 0.2) is 60.8 Å². The summed E-state index contributed by atoms with van der Waals surface area (Å²) in [4.78, 5) is 30.4. The Morgan fingerprint density at radius 3 is 2.63 bits per heavy atom. The lowest BCUT2D eigenvalue weighted by molar-refractivity contribution is -0.156. The number of anilines is 1. The topological polar surface area (TPSA) is 65.2 Å². The smallest absolute Gasteiger partial charge is 0.247 e. The number of amides is 2. The molecule has 2 heterocycles. The van der Waals surface area contributed by atoms with Gasteiger partial charge in [0, 0.05) is 22.8 Å². The fourth-order valence-electron chi connectivity index (χ4n) is 3.83. The molecule has 0 spiro atoms. The number of carbonyl (C=O) groups excluding carboxylic acids is 2. The van der Waals surface area contributed by atoms with Gasteiger partial charge >= 0.3 is 0 Å². The van der Waals surface area contributed by atoms with Crippen molar-refractivity contribution < 1.29 is 9.59 Å². The molecule has 1 fully saturated rings. The molecule has 5 nitrogen and oxygen atoms in total. The molecule has 5 heteroatoms. The van der Waals surface area contributed by atoms with E-state index in [1.165, 1.54) is 0 Å². The third-order valence-electron chi connectivity index (χ3n) is 5.20. The van der Waals surface area contributed by atoms with Gasteiger partial charge in [0.15, 0.2) is 0 Å². The van der Waals surface area contributed by atoms with Crippen LogP contribution in [0.1, 0.15) is 31.9 Å². The average molecular weight is 361 g/mol. The molecule has 1 saturated heterocycles. The summed E-state index contributed by atoms with van der Waals surface area (Å²) >= 11 is 0. The molecule has 1 aliphatic rings. The highest BCUT2D eigenvalue weighted by molar-refractivity contribution is 6.00. The van der Waals surface area contributed by atoms with Gasteiger partial charge < -0.3 is 15.2 Å². The fraction of sp³-hybridized carbons (Fsp3) is 0.273. The number of rotatable bonds is 5. The summed E-state index contributed by atoms with van der Waals surface area (Å²) in [6, 6.07) is 17.1. The van der Waals surface area contributed by atoms with Crippen molar-refractivity contribution in [3.63, 3.8) is 0 Å². The number of β-lactam (4-membered cyclic amide) rings is 1. The average Bonchev–Trinajstić information content (AvgIpc) is 3.12. The summed E-state index contributed by atoms with van der Waals surface area (Å²) in [6.45, 7) is 3.96. The Bertz CT molecular complexity index is 977. The van der Waals surface area contributed by atoms with Crippen molar-refractivity contribution in [1.82, 2.24) is 9.88 Å². The van der Waals surface area contributed by atoms with E-state index < -0.39 is 6.04 Å². The third-order valence-corrected chi connectivity index (χ3v) is 5.20. The van der Waals surface area contributed by atoms with Crippen LogP contribution in [0.5, 0.6) is 0 Å². The molecule has 138 valence electrons. The van der Waals surface area contributed by atoms with Gasteiger partial charge in [0.1, 0.15) is 6.04 Å². The number of hydrogen-bond donors (Lipinski definition) is 2. The van der Waals surface area contributed by atoms with Crippen LogP contribution in [0.3, 0.4) is 0 Å². The molecular formula is C22H23N3O2. The van der Waals surface area contributed by atoms with E-state index in [9.17, 15) is 9.59 Å². The standard InChI is InChI=1S/C22H23N3O2/c1-14(2)21(25-19(13-20(25)26)15-6-4-3-5-7-15)22(27)24-17-8-9-18-16(12-17)10-11-23-18/h3-12,14,19,21,23H,13H2,1-2H3,(H,24,27)/t19-,21-/m1/s1. The van der Waals surface area contributed by atoms with Crippen molar-refractivity contribution >= 4 is 28.4 Å². The van der Waals surface area contributed by atoms with Gasteiger partial charge in [-0.25, -0.2) is 0 Å². The van der Waals surface area contributed by atoms with Gasteiger partial charge in [-0.2, -0.15) is 0 Å². The molecule has 0 unspecified atom stereocenters. The van der Waals surface area contributed by atoms with Gasteiger partial charge in [-0.05, 0) is 35.7 Å². The SMILES string of the molecule is CC(C)[C@H](C(=O)Nc1ccc2[nH]ccc2c1)N1C(=O)C[C@@H]1c1ccccc1. The summed E-state index contributed by atoms with van der Waals surface area (Å²) in [7, 11) is 0. The zero-order chi connectivity index (χ0) is 19.0. The Hall–Kier alpha value is -3.08. The van der Waals surface area contributed by atoms with Gasteiger partial charge in [0.25, 0.3) is 0 Å². The number of fused-ring (bicyclic) bond motifs is 1. The van der Waals surface area contributed by atoms with Gasteiger partial charge in [-0.3, -0.25) is 9.59 Å². The van der Waals surface area contributed by atoms with Crippen LogP contribution in [0.4, 0.5) is 5.69 Å². The van der Waals surface area contributed by atoms with Crippen LogP contribution in [0.25, 0.3) is 10.9 Å². The number of aromatic amines is 1. The molecule has 2 aromatic carbocycles. The predicted octanol–water partition coefficient (Wildman–Crippen LogP) is 4.10. The third kappa shape index (κ3) is 3.21. The highest BCUT2D eigenvalue weighted by Gasteiger charge is 2.45. The number of carbonyl (C=O) groups is 2. The lowest BCUT2D eigenvalue weighted by Gasteiger charge is -2.46. The van der Waals surface area contributed by atoms with E-state index in [0.717, 1.165) is 22.2 Å². The van der Waals surface area contributed by atoms with Crippen LogP contribution in [-0.2, 0) is 9.59 Å². The van der Waals surface area contributed by atoms with Crippen molar-refractivity contribution in [3.8, 4) is 0 Å². The molecule has 2 amide bonds. The Kier molecular flexibility index (Phi) is 4.44. The molecule has 1 aromatic heterocycles. The molecule has 0 saturated carbocycles. The summed E-state index contributed by atoms with van der Waals surface area (Å²) in [6.07, 6.45) is 2.33. The van der Waals surface area contributed by atoms with E-state index in [4.69, 9.17) is 0 Å². The van der Waals surface area contributed by atoms with E-state index in [1.807, 2.05) is 74.6 Å². The zero-order valence-electron chi connectivity index (χ0n) is 15.5. The highest BCUT2D eigenvalue weighted by atomic mass is 16.2. The van der Waals surface area contributed by atoms with Gasteiger partial charge in [-0.15, -0.1) is 0 Å². The first-order chi connectivity index (χ1) is 13.0. The second-order valence-electron chi connectivity index (χ2n) is 7.39. The first-order valence-electron chi connectivity index (χ1n) is 9.28. The molecule has 0 radical (unpaired) electrons. The second kappa shape index (κ2) is 6.91. The Morgan fingerprint density at radius 1 is 1.15 bits per heavy atom.